The molecule has 1 heterocycles. The van der Waals surface area contributed by atoms with Crippen LogP contribution in [0, 0.1) is 5.41 Å². The Morgan fingerprint density at radius 3 is 2.14 bits per heavy atom. The van der Waals surface area contributed by atoms with Crippen LogP contribution in [0.3, 0.4) is 0 Å². The number of rotatable bonds is 9. The first-order chi connectivity index (χ1) is 16.6. The molecule has 0 amide bonds. The van der Waals surface area contributed by atoms with E-state index in [-0.39, 0.29) is 22.1 Å². The topological polar surface area (TPSA) is 69.4 Å². The van der Waals surface area contributed by atoms with Crippen molar-refractivity contribution in [1.29, 1.82) is 0 Å². The van der Waals surface area contributed by atoms with Crippen LogP contribution in [0.4, 0.5) is 13.2 Å². The Morgan fingerprint density at radius 2 is 1.56 bits per heavy atom. The van der Waals surface area contributed by atoms with Crippen LogP contribution in [-0.4, -0.2) is 43.6 Å². The van der Waals surface area contributed by atoms with Crippen molar-refractivity contribution < 1.29 is 27.1 Å². The molecule has 0 spiro atoms. The van der Waals surface area contributed by atoms with Gasteiger partial charge in [0.05, 0.1) is 5.56 Å². The minimum atomic E-state index is -4.48. The highest BCUT2D eigenvalue weighted by molar-refractivity contribution is 6.44. The maximum Gasteiger partial charge on any atom is 0.416 e. The minimum Gasteiger partial charge on any atom is -0.505 e. The normalized spacial score (nSPS) is 13.2. The van der Waals surface area contributed by atoms with Crippen molar-refractivity contribution in [2.75, 3.05) is 14.2 Å². The first-order valence-electron chi connectivity index (χ1n) is 12.0. The summed E-state index contributed by atoms with van der Waals surface area (Å²) in [6.45, 7) is 10.8. The molecule has 0 fully saturated rings. The number of aromatic hydroxyl groups is 1. The lowest BCUT2D eigenvalue weighted by atomic mass is 9.72. The number of aryl methyl sites for hydroxylation is 1. The van der Waals surface area contributed by atoms with E-state index in [0.717, 1.165) is 42.1 Å². The zero-order valence-corrected chi connectivity index (χ0v) is 23.2. The molecule has 0 aliphatic carbocycles. The van der Waals surface area contributed by atoms with E-state index in [1.165, 1.54) is 10.9 Å². The number of hydrogen-bond donors (Lipinski definition) is 1. The molecule has 6 nitrogen and oxygen atoms in total. The standard InChI is InChI=1S/C26H36F3N3O3Si/c1-24(2,3)16-25(4,5)19-13-17(9-8-12-36(34-6)35-7)23(33)22(15-19)32-30-20-11-10-18(26(27,28)29)14-21(20)31-32/h10-11,13-15,33,36H,8-9,12,16H2,1-7H3. The van der Waals surface area contributed by atoms with E-state index in [0.29, 0.717) is 17.6 Å². The van der Waals surface area contributed by atoms with Gasteiger partial charge in [0, 0.05) is 14.2 Å². The van der Waals surface area contributed by atoms with Crippen LogP contribution in [0.2, 0.25) is 6.04 Å². The number of phenols is 1. The van der Waals surface area contributed by atoms with Crippen LogP contribution in [0.5, 0.6) is 5.75 Å². The molecule has 0 radical (unpaired) electrons. The lowest BCUT2D eigenvalue weighted by Gasteiger charge is -2.33. The van der Waals surface area contributed by atoms with E-state index < -0.39 is 21.0 Å². The lowest BCUT2D eigenvalue weighted by molar-refractivity contribution is -0.137. The molecule has 3 aromatic rings. The van der Waals surface area contributed by atoms with Gasteiger partial charge in [0.15, 0.2) is 0 Å². The second-order valence-corrected chi connectivity index (χ2v) is 13.5. The highest BCUT2D eigenvalue weighted by Gasteiger charge is 2.32. The van der Waals surface area contributed by atoms with E-state index in [9.17, 15) is 18.3 Å². The molecule has 0 aliphatic rings. The van der Waals surface area contributed by atoms with Gasteiger partial charge >= 0.3 is 15.5 Å². The van der Waals surface area contributed by atoms with Gasteiger partial charge in [0.2, 0.25) is 0 Å². The fourth-order valence-corrected chi connectivity index (χ4v) is 6.03. The minimum absolute atomic E-state index is 0.0229. The Hall–Kier alpha value is -2.43. The second kappa shape index (κ2) is 10.5. The van der Waals surface area contributed by atoms with E-state index in [2.05, 4.69) is 44.8 Å². The molecule has 36 heavy (non-hydrogen) atoms. The zero-order chi connectivity index (χ0) is 26.9. The number of hydrogen-bond acceptors (Lipinski definition) is 5. The van der Waals surface area contributed by atoms with Crippen molar-refractivity contribution in [3.63, 3.8) is 0 Å². The van der Waals surface area contributed by atoms with Crippen molar-refractivity contribution >= 4 is 20.3 Å². The van der Waals surface area contributed by atoms with E-state index in [4.69, 9.17) is 8.85 Å². The summed E-state index contributed by atoms with van der Waals surface area (Å²) in [7, 11) is 1.55. The summed E-state index contributed by atoms with van der Waals surface area (Å²) in [4.78, 5) is 1.24. The molecule has 1 N–H and O–H groups in total. The monoisotopic (exact) mass is 523 g/mol. The summed E-state index contributed by atoms with van der Waals surface area (Å²) >= 11 is 0. The first-order valence-corrected chi connectivity index (χ1v) is 13.8. The molecule has 1 aromatic heterocycles. The van der Waals surface area contributed by atoms with Crippen molar-refractivity contribution in [2.24, 2.45) is 5.41 Å². The number of nitrogens with zero attached hydrogens (tertiary/aromatic N) is 3. The van der Waals surface area contributed by atoms with Crippen LogP contribution in [-0.2, 0) is 26.9 Å². The Bertz CT molecular complexity index is 1200. The van der Waals surface area contributed by atoms with Crippen LogP contribution in [0.25, 0.3) is 16.7 Å². The molecule has 0 unspecified atom stereocenters. The number of aromatic nitrogens is 3. The van der Waals surface area contributed by atoms with Gasteiger partial charge in [-0.3, -0.25) is 0 Å². The third-order valence-electron chi connectivity index (χ3n) is 6.26. The van der Waals surface area contributed by atoms with Crippen molar-refractivity contribution in [2.45, 2.75) is 71.5 Å². The van der Waals surface area contributed by atoms with Gasteiger partial charge in [-0.15, -0.1) is 15.0 Å². The van der Waals surface area contributed by atoms with Gasteiger partial charge in [-0.1, -0.05) is 40.7 Å². The second-order valence-electron chi connectivity index (χ2n) is 11.1. The van der Waals surface area contributed by atoms with Crippen LogP contribution >= 0.6 is 0 Å². The predicted octanol–water partition coefficient (Wildman–Crippen LogP) is 6.30. The molecule has 198 valence electrons. The molecule has 0 atom stereocenters. The van der Waals surface area contributed by atoms with E-state index >= 15 is 0 Å². The summed E-state index contributed by atoms with van der Waals surface area (Å²) in [6.07, 6.45) is -2.24. The van der Waals surface area contributed by atoms with Crippen LogP contribution in [0.15, 0.2) is 30.3 Å². The molecule has 2 aromatic carbocycles. The van der Waals surface area contributed by atoms with Gasteiger partial charge in [0.1, 0.15) is 22.5 Å². The fraction of sp³-hybridized carbons (Fsp3) is 0.538. The molecular formula is C26H36F3N3O3Si. The van der Waals surface area contributed by atoms with Crippen molar-refractivity contribution in [3.05, 3.63) is 47.0 Å². The number of alkyl halides is 3. The summed E-state index contributed by atoms with van der Waals surface area (Å²) in [6, 6.07) is 7.91. The van der Waals surface area contributed by atoms with Gasteiger partial charge in [-0.25, -0.2) is 0 Å². The molecular weight excluding hydrogens is 487 g/mol. The third-order valence-corrected chi connectivity index (χ3v) is 8.19. The maximum absolute atomic E-state index is 13.2. The Balaban J connectivity index is 2.09. The van der Waals surface area contributed by atoms with Crippen LogP contribution in [0.1, 0.15) is 64.2 Å². The highest BCUT2D eigenvalue weighted by atomic mass is 28.3. The zero-order valence-electron chi connectivity index (χ0n) is 22.0. The summed E-state index contributed by atoms with van der Waals surface area (Å²) in [5.41, 5.74) is 1.55. The third kappa shape index (κ3) is 6.66. The fourth-order valence-electron chi connectivity index (χ4n) is 4.83. The number of phenolic OH excluding ortho intramolecular Hbond substituents is 1. The SMILES string of the molecule is CO[SiH](CCCc1cc(C(C)(C)CC(C)(C)C)cc(-n2nc3ccc(C(F)(F)F)cc3n2)c1O)OC. The van der Waals surface area contributed by atoms with Crippen molar-refractivity contribution in [1.82, 2.24) is 15.0 Å². The van der Waals surface area contributed by atoms with E-state index in [1.807, 2.05) is 12.1 Å². The molecule has 0 aliphatic heterocycles. The van der Waals surface area contributed by atoms with Crippen molar-refractivity contribution in [3.8, 4) is 11.4 Å². The average Bonchev–Trinajstić information content (AvgIpc) is 3.18. The van der Waals surface area contributed by atoms with Gasteiger partial charge in [0.25, 0.3) is 0 Å². The molecule has 0 bridgehead atoms. The average molecular weight is 524 g/mol. The quantitative estimate of drug-likeness (QED) is 0.333. The largest absolute Gasteiger partial charge is 0.505 e. The first kappa shape index (κ1) is 28.1. The van der Waals surface area contributed by atoms with Crippen LogP contribution < -0.4 is 0 Å². The molecule has 10 heteroatoms. The molecule has 0 saturated heterocycles. The summed E-state index contributed by atoms with van der Waals surface area (Å²) in [5, 5.41) is 19.9. The Kier molecular flexibility index (Phi) is 8.22. The molecule has 0 saturated carbocycles. The predicted molar refractivity (Wildman–Crippen MR) is 137 cm³/mol. The Labute approximate surface area is 212 Å². The van der Waals surface area contributed by atoms with Gasteiger partial charge < -0.3 is 14.0 Å². The van der Waals surface area contributed by atoms with Gasteiger partial charge in [-0.2, -0.15) is 13.2 Å². The highest BCUT2D eigenvalue weighted by Crippen LogP contribution is 2.40. The summed E-state index contributed by atoms with van der Waals surface area (Å²) < 4.78 is 50.4. The number of benzene rings is 2. The lowest BCUT2D eigenvalue weighted by Crippen LogP contribution is -2.25. The maximum atomic E-state index is 13.2. The van der Waals surface area contributed by atoms with Gasteiger partial charge in [-0.05, 0) is 71.5 Å². The smallest absolute Gasteiger partial charge is 0.416 e. The number of fused-ring (bicyclic) bond motifs is 1. The summed E-state index contributed by atoms with van der Waals surface area (Å²) in [5.74, 6) is 0.0229. The van der Waals surface area contributed by atoms with E-state index in [1.54, 1.807) is 14.2 Å². The Morgan fingerprint density at radius 1 is 0.917 bits per heavy atom. The molecule has 3 rings (SSSR count). The number of halogens is 3.